The van der Waals surface area contributed by atoms with Crippen LogP contribution in [-0.2, 0) is 19.1 Å². The number of ether oxygens (including phenoxy) is 4. The molecule has 42 heavy (non-hydrogen) atoms. The van der Waals surface area contributed by atoms with Crippen molar-refractivity contribution in [3.63, 3.8) is 0 Å². The van der Waals surface area contributed by atoms with Crippen molar-refractivity contribution in [1.82, 2.24) is 9.47 Å². The fraction of sp³-hybridized carbons (Fsp3) is 0.333. The minimum absolute atomic E-state index is 0.0540. The zero-order valence-electron chi connectivity index (χ0n) is 23.4. The molecule has 0 unspecified atom stereocenters. The average molecular weight is 657 g/mol. The third-order valence-corrected chi connectivity index (χ3v) is 8.52. The average Bonchev–Trinajstić information content (AvgIpc) is 3.30. The van der Waals surface area contributed by atoms with E-state index in [1.165, 1.54) is 11.3 Å². The van der Waals surface area contributed by atoms with Gasteiger partial charge in [0.05, 0.1) is 53.2 Å². The monoisotopic (exact) mass is 655 g/mol. The van der Waals surface area contributed by atoms with Gasteiger partial charge >= 0.3 is 5.97 Å². The SMILES string of the molecule is CCOC(=O)C1=C(C)N=c2s/c(=C/c3ccc(OCC(=O)N4CCOCC4)cc3)c(=O)n2[C@H]1c1ccc(OC)c(Br)c1. The summed E-state index contributed by atoms with van der Waals surface area (Å²) in [5.41, 5.74) is 2.01. The topological polar surface area (TPSA) is 109 Å². The maximum Gasteiger partial charge on any atom is 0.338 e. The van der Waals surface area contributed by atoms with E-state index in [2.05, 4.69) is 20.9 Å². The van der Waals surface area contributed by atoms with E-state index in [9.17, 15) is 14.4 Å². The molecule has 0 N–H and O–H groups in total. The number of rotatable bonds is 8. The van der Waals surface area contributed by atoms with E-state index in [4.69, 9.17) is 18.9 Å². The number of thiazole rings is 1. The molecule has 0 radical (unpaired) electrons. The van der Waals surface area contributed by atoms with Crippen molar-refractivity contribution in [2.24, 2.45) is 4.99 Å². The molecule has 0 saturated carbocycles. The van der Waals surface area contributed by atoms with Gasteiger partial charge in [0.25, 0.3) is 11.5 Å². The molecule has 2 aromatic carbocycles. The number of morpholine rings is 1. The lowest BCUT2D eigenvalue weighted by Gasteiger charge is -2.26. The van der Waals surface area contributed by atoms with Crippen molar-refractivity contribution in [1.29, 1.82) is 0 Å². The molecular formula is C30H30BrN3O7S. The first-order valence-corrected chi connectivity index (χ1v) is 15.0. The predicted octanol–water partition coefficient (Wildman–Crippen LogP) is 2.81. The molecule has 1 fully saturated rings. The first kappa shape index (κ1) is 29.7. The van der Waals surface area contributed by atoms with Gasteiger partial charge in [-0.15, -0.1) is 0 Å². The van der Waals surface area contributed by atoms with E-state index in [1.54, 1.807) is 54.7 Å². The van der Waals surface area contributed by atoms with Crippen LogP contribution in [0.3, 0.4) is 0 Å². The van der Waals surface area contributed by atoms with Gasteiger partial charge in [0, 0.05) is 13.1 Å². The van der Waals surface area contributed by atoms with E-state index >= 15 is 0 Å². The number of hydrogen-bond donors (Lipinski definition) is 0. The van der Waals surface area contributed by atoms with Gasteiger partial charge in [0.1, 0.15) is 11.5 Å². The standard InChI is InChI=1S/C30H30BrN3O7S/c1-4-40-29(37)26-18(2)32-30-34(27(26)20-7-10-23(38-3)22(31)16-20)28(36)24(42-30)15-19-5-8-21(9-6-19)41-17-25(35)33-11-13-39-14-12-33/h5-10,15-16,27H,4,11-14,17H2,1-3H3/b24-15+/t27-/m0/s1. The summed E-state index contributed by atoms with van der Waals surface area (Å²) < 4.78 is 24.4. The molecule has 0 aliphatic carbocycles. The van der Waals surface area contributed by atoms with Crippen LogP contribution >= 0.6 is 27.3 Å². The highest BCUT2D eigenvalue weighted by molar-refractivity contribution is 9.10. The van der Waals surface area contributed by atoms with Crippen molar-refractivity contribution < 1.29 is 28.5 Å². The summed E-state index contributed by atoms with van der Waals surface area (Å²) in [6.07, 6.45) is 1.77. The normalized spacial score (nSPS) is 17.0. The molecule has 10 nitrogen and oxygen atoms in total. The number of amides is 1. The Kier molecular flexibility index (Phi) is 9.24. The van der Waals surface area contributed by atoms with Crippen LogP contribution < -0.4 is 24.4 Å². The second kappa shape index (κ2) is 13.1. The molecule has 1 aromatic heterocycles. The van der Waals surface area contributed by atoms with Gasteiger partial charge in [0.15, 0.2) is 11.4 Å². The van der Waals surface area contributed by atoms with Crippen LogP contribution in [0.15, 0.2) is 68.0 Å². The summed E-state index contributed by atoms with van der Waals surface area (Å²) in [6, 6.07) is 11.9. The fourth-order valence-corrected chi connectivity index (χ4v) is 6.43. The van der Waals surface area contributed by atoms with Crippen molar-refractivity contribution in [2.45, 2.75) is 19.9 Å². The molecule has 1 saturated heterocycles. The van der Waals surface area contributed by atoms with Crippen LogP contribution in [0.5, 0.6) is 11.5 Å². The molecule has 0 bridgehead atoms. The Morgan fingerprint density at radius 1 is 1.17 bits per heavy atom. The first-order chi connectivity index (χ1) is 20.3. The van der Waals surface area contributed by atoms with E-state index in [0.29, 0.717) is 68.4 Å². The van der Waals surface area contributed by atoms with Crippen molar-refractivity contribution in [3.05, 3.63) is 89.0 Å². The van der Waals surface area contributed by atoms with Crippen molar-refractivity contribution in [3.8, 4) is 11.5 Å². The summed E-state index contributed by atoms with van der Waals surface area (Å²) in [4.78, 5) is 46.1. The maximum absolute atomic E-state index is 13.8. The number of allylic oxidation sites excluding steroid dienone is 1. The third kappa shape index (κ3) is 6.20. The highest BCUT2D eigenvalue weighted by atomic mass is 79.9. The first-order valence-electron chi connectivity index (χ1n) is 13.4. The van der Waals surface area contributed by atoms with Crippen LogP contribution in [0, 0.1) is 0 Å². The molecule has 2 aliphatic rings. The van der Waals surface area contributed by atoms with Gasteiger partial charge in [-0.2, -0.15) is 0 Å². The minimum Gasteiger partial charge on any atom is -0.496 e. The summed E-state index contributed by atoms with van der Waals surface area (Å²) in [7, 11) is 1.57. The number of hydrogen-bond acceptors (Lipinski definition) is 9. The van der Waals surface area contributed by atoms with E-state index in [0.717, 1.165) is 5.56 Å². The van der Waals surface area contributed by atoms with Gasteiger partial charge < -0.3 is 23.8 Å². The zero-order chi connectivity index (χ0) is 29.8. The largest absolute Gasteiger partial charge is 0.496 e. The number of halogens is 1. The molecule has 1 amide bonds. The molecule has 3 heterocycles. The number of carbonyl (C=O) groups is 2. The number of benzene rings is 2. The summed E-state index contributed by atoms with van der Waals surface area (Å²) in [6.45, 7) is 5.83. The fourth-order valence-electron chi connectivity index (χ4n) is 4.82. The third-order valence-electron chi connectivity index (χ3n) is 6.91. The van der Waals surface area contributed by atoms with Crippen molar-refractivity contribution in [2.75, 3.05) is 46.6 Å². The Bertz CT molecular complexity index is 1710. The Morgan fingerprint density at radius 3 is 2.57 bits per heavy atom. The van der Waals surface area contributed by atoms with E-state index in [1.807, 2.05) is 24.3 Å². The van der Waals surface area contributed by atoms with Crippen LogP contribution in [0.2, 0.25) is 0 Å². The summed E-state index contributed by atoms with van der Waals surface area (Å²) in [5, 5.41) is 0. The molecule has 2 aliphatic heterocycles. The Labute approximate surface area is 254 Å². The zero-order valence-corrected chi connectivity index (χ0v) is 25.8. The lowest BCUT2D eigenvalue weighted by atomic mass is 9.96. The summed E-state index contributed by atoms with van der Waals surface area (Å²) in [5.74, 6) is 0.574. The van der Waals surface area contributed by atoms with Crippen LogP contribution in [0.25, 0.3) is 6.08 Å². The predicted molar refractivity (Wildman–Crippen MR) is 160 cm³/mol. The van der Waals surface area contributed by atoms with Crippen molar-refractivity contribution >= 4 is 45.2 Å². The summed E-state index contributed by atoms with van der Waals surface area (Å²) >= 11 is 4.77. The minimum atomic E-state index is -0.732. The number of carbonyl (C=O) groups excluding carboxylic acids is 2. The molecule has 3 aromatic rings. The number of aromatic nitrogens is 1. The van der Waals surface area contributed by atoms with E-state index in [-0.39, 0.29) is 24.7 Å². The highest BCUT2D eigenvalue weighted by Gasteiger charge is 2.33. The number of esters is 1. The Hall–Kier alpha value is -3.74. The van der Waals surface area contributed by atoms with E-state index < -0.39 is 12.0 Å². The number of fused-ring (bicyclic) bond motifs is 1. The van der Waals surface area contributed by atoms with Gasteiger partial charge in [-0.05, 0) is 71.2 Å². The van der Waals surface area contributed by atoms with Gasteiger partial charge in [-0.1, -0.05) is 29.5 Å². The van der Waals surface area contributed by atoms with Gasteiger partial charge in [-0.25, -0.2) is 9.79 Å². The smallest absolute Gasteiger partial charge is 0.338 e. The lowest BCUT2D eigenvalue weighted by Crippen LogP contribution is -2.42. The second-order valence-electron chi connectivity index (χ2n) is 9.55. The number of methoxy groups -OCH3 is 1. The highest BCUT2D eigenvalue weighted by Crippen LogP contribution is 2.35. The molecule has 5 rings (SSSR count). The second-order valence-corrected chi connectivity index (χ2v) is 11.4. The molecule has 1 atom stereocenters. The molecule has 0 spiro atoms. The lowest BCUT2D eigenvalue weighted by molar-refractivity contribution is -0.139. The molecular weight excluding hydrogens is 626 g/mol. The van der Waals surface area contributed by atoms with Crippen LogP contribution in [0.4, 0.5) is 0 Å². The van der Waals surface area contributed by atoms with Crippen LogP contribution in [0.1, 0.15) is 31.0 Å². The molecule has 12 heteroatoms. The quantitative estimate of drug-likeness (QED) is 0.344. The molecule has 220 valence electrons. The Morgan fingerprint density at radius 2 is 1.90 bits per heavy atom. The van der Waals surface area contributed by atoms with Gasteiger partial charge in [-0.3, -0.25) is 14.2 Å². The Balaban J connectivity index is 1.46. The van der Waals surface area contributed by atoms with Gasteiger partial charge in [0.2, 0.25) is 0 Å². The maximum atomic E-state index is 13.8. The number of nitrogens with zero attached hydrogens (tertiary/aromatic N) is 3. The van der Waals surface area contributed by atoms with Crippen LogP contribution in [-0.4, -0.2) is 68.0 Å².